The molecule has 0 aliphatic heterocycles. The van der Waals surface area contributed by atoms with Crippen LogP contribution < -0.4 is 20.9 Å². The Labute approximate surface area is 255 Å². The third-order valence-electron chi connectivity index (χ3n) is 8.14. The Morgan fingerprint density at radius 3 is 0.864 bits per heavy atom. The van der Waals surface area contributed by atoms with Crippen molar-refractivity contribution in [3.8, 4) is 45.3 Å². The molecule has 0 aromatic heterocycles. The van der Waals surface area contributed by atoms with Crippen molar-refractivity contribution in [3.05, 3.63) is 146 Å². The van der Waals surface area contributed by atoms with Crippen LogP contribution >= 0.6 is 0 Å². The second kappa shape index (κ2) is 10.4. The van der Waals surface area contributed by atoms with E-state index in [-0.39, 0.29) is 0 Å². The zero-order chi connectivity index (χ0) is 29.6. The van der Waals surface area contributed by atoms with Crippen molar-refractivity contribution in [3.63, 3.8) is 0 Å². The highest BCUT2D eigenvalue weighted by Crippen LogP contribution is 2.40. The molecule has 8 aromatic rings. The zero-order valence-electron chi connectivity index (χ0n) is 23.8. The molecule has 8 aromatic carbocycles. The van der Waals surface area contributed by atoms with Crippen molar-refractivity contribution in [2.75, 3.05) is 11.5 Å². The summed E-state index contributed by atoms with van der Waals surface area (Å²) in [7, 11) is 0. The molecule has 0 amide bonds. The van der Waals surface area contributed by atoms with Crippen LogP contribution in [-0.4, -0.2) is 0 Å². The highest BCUT2D eigenvalue weighted by molar-refractivity contribution is 6.24. The molecular formula is C40H28N2O2. The summed E-state index contributed by atoms with van der Waals surface area (Å²) in [5, 5.41) is 7.52. The molecular weight excluding hydrogens is 540 g/mol. The summed E-state index contributed by atoms with van der Waals surface area (Å²) >= 11 is 0. The number of rotatable bonds is 6. The predicted molar refractivity (Wildman–Crippen MR) is 183 cm³/mol. The molecule has 0 heterocycles. The number of benzene rings is 8. The van der Waals surface area contributed by atoms with Crippen LogP contribution in [0, 0.1) is 0 Å². The number of hydrogen-bond acceptors (Lipinski definition) is 4. The van der Waals surface area contributed by atoms with Crippen LogP contribution in [0.25, 0.3) is 54.6 Å². The van der Waals surface area contributed by atoms with E-state index in [4.69, 9.17) is 20.9 Å². The van der Waals surface area contributed by atoms with Gasteiger partial charge in [-0.25, -0.2) is 0 Å². The maximum atomic E-state index is 5.99. The minimum Gasteiger partial charge on any atom is -0.457 e. The van der Waals surface area contributed by atoms with Crippen LogP contribution in [0.5, 0.6) is 23.0 Å². The summed E-state index contributed by atoms with van der Waals surface area (Å²) in [5.74, 6) is 3.10. The normalized spacial score (nSPS) is 11.4. The Bertz CT molecular complexity index is 2030. The van der Waals surface area contributed by atoms with Gasteiger partial charge in [0.15, 0.2) is 0 Å². The molecule has 0 saturated heterocycles. The van der Waals surface area contributed by atoms with Gasteiger partial charge in [0.2, 0.25) is 0 Å². The molecule has 210 valence electrons. The number of hydrogen-bond donors (Lipinski definition) is 2. The van der Waals surface area contributed by atoms with Gasteiger partial charge in [-0.15, -0.1) is 0 Å². The average molecular weight is 569 g/mol. The predicted octanol–water partition coefficient (Wildman–Crippen LogP) is 10.7. The number of nitrogen functional groups attached to an aromatic ring is 2. The molecule has 0 fully saturated rings. The van der Waals surface area contributed by atoms with Gasteiger partial charge in [0.05, 0.1) is 0 Å². The van der Waals surface area contributed by atoms with E-state index >= 15 is 0 Å². The smallest absolute Gasteiger partial charge is 0.127 e. The lowest BCUT2D eigenvalue weighted by Gasteiger charge is -2.15. The average Bonchev–Trinajstić information content (AvgIpc) is 3.06. The van der Waals surface area contributed by atoms with E-state index in [9.17, 15) is 0 Å². The van der Waals surface area contributed by atoms with Gasteiger partial charge < -0.3 is 20.9 Å². The lowest BCUT2D eigenvalue weighted by molar-refractivity contribution is 0.482. The molecule has 4 nitrogen and oxygen atoms in total. The van der Waals surface area contributed by atoms with E-state index in [0.29, 0.717) is 0 Å². The van der Waals surface area contributed by atoms with Crippen LogP contribution in [0.1, 0.15) is 0 Å². The molecule has 0 aliphatic rings. The van der Waals surface area contributed by atoms with Crippen molar-refractivity contribution in [2.45, 2.75) is 0 Å². The van der Waals surface area contributed by atoms with Gasteiger partial charge in [-0.1, -0.05) is 48.5 Å². The van der Waals surface area contributed by atoms with Crippen molar-refractivity contribution in [1.29, 1.82) is 0 Å². The second-order valence-electron chi connectivity index (χ2n) is 11.1. The number of ether oxygens (including phenoxy) is 2. The van der Waals surface area contributed by atoms with Gasteiger partial charge in [0.1, 0.15) is 23.0 Å². The first-order valence-corrected chi connectivity index (χ1v) is 14.6. The molecule has 0 radical (unpaired) electrons. The van der Waals surface area contributed by atoms with Crippen LogP contribution in [0.3, 0.4) is 0 Å². The number of anilines is 2. The van der Waals surface area contributed by atoms with Gasteiger partial charge in [-0.05, 0) is 152 Å². The topological polar surface area (TPSA) is 70.5 Å². The SMILES string of the molecule is Nc1ccc(Oc2ccc(-c3cc4ccc5cc(-c6ccc(Oc7ccc(N)cc7)cc6)cc6ccc(c3)c4c56)cc2)cc1. The van der Waals surface area contributed by atoms with E-state index in [0.717, 1.165) is 45.5 Å². The Morgan fingerprint density at radius 1 is 0.295 bits per heavy atom. The second-order valence-corrected chi connectivity index (χ2v) is 11.1. The summed E-state index contributed by atoms with van der Waals surface area (Å²) in [6, 6.07) is 49.4. The lowest BCUT2D eigenvalue weighted by atomic mass is 9.89. The largest absolute Gasteiger partial charge is 0.457 e. The van der Waals surface area contributed by atoms with Gasteiger partial charge in [0, 0.05) is 11.4 Å². The Balaban J connectivity index is 1.09. The Kier molecular flexibility index (Phi) is 6.05. The van der Waals surface area contributed by atoms with Crippen LogP contribution in [0.15, 0.2) is 146 Å². The molecule has 0 unspecified atom stereocenters. The summed E-state index contributed by atoms with van der Waals surface area (Å²) in [4.78, 5) is 0. The molecule has 8 rings (SSSR count). The maximum absolute atomic E-state index is 5.99. The summed E-state index contributed by atoms with van der Waals surface area (Å²) in [5.41, 5.74) is 17.7. The minimum atomic E-state index is 0.717. The van der Waals surface area contributed by atoms with E-state index in [2.05, 4.69) is 72.8 Å². The minimum absolute atomic E-state index is 0.717. The summed E-state index contributed by atoms with van der Waals surface area (Å²) in [6.07, 6.45) is 0. The standard InChI is InChI=1S/C40H28N2O2/c41-33-9-17-37(18-10-33)43-35-13-5-25(6-14-35)31-21-27-1-2-28-22-32(24-30-4-3-29(23-31)39(27)40(28)30)26-7-15-36(16-8-26)44-38-19-11-34(42)12-20-38/h1-24H,41-42H2. The van der Waals surface area contributed by atoms with E-state index in [1.54, 1.807) is 0 Å². The first-order valence-electron chi connectivity index (χ1n) is 14.6. The van der Waals surface area contributed by atoms with Gasteiger partial charge in [-0.3, -0.25) is 0 Å². The van der Waals surface area contributed by atoms with Crippen LogP contribution in [0.4, 0.5) is 11.4 Å². The lowest BCUT2D eigenvalue weighted by Crippen LogP contribution is -1.89. The first-order chi connectivity index (χ1) is 21.6. The van der Waals surface area contributed by atoms with Crippen molar-refractivity contribution >= 4 is 43.7 Å². The van der Waals surface area contributed by atoms with E-state index in [1.165, 1.54) is 43.4 Å². The van der Waals surface area contributed by atoms with Gasteiger partial charge in [0.25, 0.3) is 0 Å². The summed E-state index contributed by atoms with van der Waals surface area (Å²) in [6.45, 7) is 0. The van der Waals surface area contributed by atoms with E-state index in [1.807, 2.05) is 72.8 Å². The van der Waals surface area contributed by atoms with Crippen LogP contribution in [-0.2, 0) is 0 Å². The monoisotopic (exact) mass is 568 g/mol. The molecule has 0 bridgehead atoms. The molecule has 4 heteroatoms. The molecule has 4 N–H and O–H groups in total. The molecule has 0 saturated carbocycles. The molecule has 0 spiro atoms. The van der Waals surface area contributed by atoms with Crippen LogP contribution in [0.2, 0.25) is 0 Å². The third-order valence-corrected chi connectivity index (χ3v) is 8.14. The highest BCUT2D eigenvalue weighted by atomic mass is 16.5. The highest BCUT2D eigenvalue weighted by Gasteiger charge is 2.13. The van der Waals surface area contributed by atoms with Gasteiger partial charge in [-0.2, -0.15) is 0 Å². The molecule has 0 aliphatic carbocycles. The quantitative estimate of drug-likeness (QED) is 0.155. The van der Waals surface area contributed by atoms with Crippen molar-refractivity contribution < 1.29 is 9.47 Å². The summed E-state index contributed by atoms with van der Waals surface area (Å²) < 4.78 is 12.0. The third kappa shape index (κ3) is 4.79. The van der Waals surface area contributed by atoms with Crippen molar-refractivity contribution in [1.82, 2.24) is 0 Å². The number of nitrogens with two attached hydrogens (primary N) is 2. The van der Waals surface area contributed by atoms with E-state index < -0.39 is 0 Å². The first kappa shape index (κ1) is 25.7. The fourth-order valence-corrected chi connectivity index (χ4v) is 5.95. The molecule has 44 heavy (non-hydrogen) atoms. The fourth-order valence-electron chi connectivity index (χ4n) is 5.95. The Hall–Kier alpha value is -6.00. The van der Waals surface area contributed by atoms with Crippen molar-refractivity contribution in [2.24, 2.45) is 0 Å². The fraction of sp³-hybridized carbons (Fsp3) is 0. The maximum Gasteiger partial charge on any atom is 0.127 e. The Morgan fingerprint density at radius 2 is 0.568 bits per heavy atom. The van der Waals surface area contributed by atoms with Gasteiger partial charge >= 0.3 is 0 Å². The molecule has 0 atom stereocenters. The zero-order valence-corrected chi connectivity index (χ0v) is 23.8.